The van der Waals surface area contributed by atoms with Gasteiger partial charge in [-0.1, -0.05) is 37.1 Å². The van der Waals surface area contributed by atoms with E-state index in [4.69, 9.17) is 4.74 Å². The standard InChI is InChI=1S/C28H35N3O4/c1-4-30(19(2)32)18-20-10-9-12-22(16-20)29-27(33)25-17-21-11-5-7-14-24(21)31(25)28(34)23-13-6-8-15-26(23)35-3/h6,8-10,12-13,15-16,21,24-25H,4-5,7,11,14,17-18H2,1-3H3,(H,29,33). The van der Waals surface area contributed by atoms with Crippen LogP contribution in [0.4, 0.5) is 5.69 Å². The molecule has 7 heteroatoms. The molecule has 7 nitrogen and oxygen atoms in total. The van der Waals surface area contributed by atoms with E-state index in [1.165, 1.54) is 0 Å². The van der Waals surface area contributed by atoms with Gasteiger partial charge in [-0.25, -0.2) is 0 Å². The molecule has 1 aliphatic carbocycles. The minimum atomic E-state index is -0.534. The van der Waals surface area contributed by atoms with Crippen LogP contribution in [0.3, 0.4) is 0 Å². The third-order valence-corrected chi connectivity index (χ3v) is 7.36. The third kappa shape index (κ3) is 5.34. The van der Waals surface area contributed by atoms with Crippen LogP contribution in [0.5, 0.6) is 5.75 Å². The zero-order chi connectivity index (χ0) is 24.9. The van der Waals surface area contributed by atoms with Crippen molar-refractivity contribution < 1.29 is 19.1 Å². The van der Waals surface area contributed by atoms with E-state index in [9.17, 15) is 14.4 Å². The van der Waals surface area contributed by atoms with Crippen LogP contribution in [0.1, 0.15) is 61.9 Å². The molecule has 2 aromatic carbocycles. The van der Waals surface area contributed by atoms with E-state index in [0.717, 1.165) is 31.2 Å². The lowest BCUT2D eigenvalue weighted by molar-refractivity contribution is -0.129. The molecule has 2 fully saturated rings. The van der Waals surface area contributed by atoms with Gasteiger partial charge in [0.05, 0.1) is 12.7 Å². The SMILES string of the molecule is CCN(Cc1cccc(NC(=O)C2CC3CCCCC3N2C(=O)c2ccccc2OC)c1)C(C)=O. The molecule has 186 valence electrons. The number of nitrogens with one attached hydrogen (secondary N) is 1. The first-order valence-corrected chi connectivity index (χ1v) is 12.5. The predicted molar refractivity (Wildman–Crippen MR) is 135 cm³/mol. The molecule has 1 aliphatic heterocycles. The van der Waals surface area contributed by atoms with Crippen LogP contribution >= 0.6 is 0 Å². The lowest BCUT2D eigenvalue weighted by Gasteiger charge is -2.34. The maximum absolute atomic E-state index is 13.7. The van der Waals surface area contributed by atoms with Gasteiger partial charge in [-0.3, -0.25) is 14.4 Å². The molecule has 0 spiro atoms. The molecule has 3 atom stereocenters. The number of ether oxygens (including phenoxy) is 1. The van der Waals surface area contributed by atoms with Gasteiger partial charge < -0.3 is 19.9 Å². The summed E-state index contributed by atoms with van der Waals surface area (Å²) >= 11 is 0. The van der Waals surface area contributed by atoms with E-state index < -0.39 is 6.04 Å². The Balaban J connectivity index is 1.56. The Kier molecular flexibility index (Phi) is 7.73. The molecule has 3 amide bonds. The lowest BCUT2D eigenvalue weighted by atomic mass is 9.84. The Morgan fingerprint density at radius 1 is 1.09 bits per heavy atom. The molecule has 35 heavy (non-hydrogen) atoms. The van der Waals surface area contributed by atoms with Crippen molar-refractivity contribution in [1.82, 2.24) is 9.80 Å². The second-order valence-electron chi connectivity index (χ2n) is 9.50. The van der Waals surface area contributed by atoms with Crippen molar-refractivity contribution in [2.75, 3.05) is 19.0 Å². The minimum Gasteiger partial charge on any atom is -0.496 e. The zero-order valence-corrected chi connectivity index (χ0v) is 20.8. The normalized spacial score (nSPS) is 21.2. The first kappa shape index (κ1) is 24.8. The van der Waals surface area contributed by atoms with E-state index >= 15 is 0 Å². The van der Waals surface area contributed by atoms with Gasteiger partial charge in [0.2, 0.25) is 11.8 Å². The van der Waals surface area contributed by atoms with Gasteiger partial charge in [-0.2, -0.15) is 0 Å². The summed E-state index contributed by atoms with van der Waals surface area (Å²) in [5.74, 6) is 0.554. The van der Waals surface area contributed by atoms with Crippen molar-refractivity contribution in [2.24, 2.45) is 5.92 Å². The highest BCUT2D eigenvalue weighted by molar-refractivity contribution is 6.03. The summed E-state index contributed by atoms with van der Waals surface area (Å²) in [7, 11) is 1.56. The van der Waals surface area contributed by atoms with Gasteiger partial charge in [0.1, 0.15) is 11.8 Å². The van der Waals surface area contributed by atoms with E-state index in [0.29, 0.717) is 42.4 Å². The van der Waals surface area contributed by atoms with Gasteiger partial charge in [-0.05, 0) is 61.9 Å². The van der Waals surface area contributed by atoms with E-state index in [1.807, 2.05) is 48.2 Å². The van der Waals surface area contributed by atoms with Crippen LogP contribution in [0.15, 0.2) is 48.5 Å². The molecule has 1 saturated carbocycles. The van der Waals surface area contributed by atoms with Gasteiger partial charge in [0.15, 0.2) is 0 Å². The third-order valence-electron chi connectivity index (χ3n) is 7.36. The summed E-state index contributed by atoms with van der Waals surface area (Å²) in [4.78, 5) is 42.7. The average Bonchev–Trinajstić information content (AvgIpc) is 3.26. The Morgan fingerprint density at radius 3 is 2.60 bits per heavy atom. The summed E-state index contributed by atoms with van der Waals surface area (Å²) in [6, 6.07) is 14.3. The van der Waals surface area contributed by atoms with Gasteiger partial charge in [0, 0.05) is 31.7 Å². The molecule has 1 saturated heterocycles. The summed E-state index contributed by atoms with van der Waals surface area (Å²) in [6.45, 7) is 4.61. The molecular weight excluding hydrogens is 442 g/mol. The number of methoxy groups -OCH3 is 1. The second kappa shape index (κ2) is 10.9. The number of para-hydroxylation sites is 1. The average molecular weight is 478 g/mol. The molecule has 2 aliphatic rings. The Labute approximate surface area is 207 Å². The van der Waals surface area contributed by atoms with E-state index in [2.05, 4.69) is 5.32 Å². The monoisotopic (exact) mass is 477 g/mol. The molecule has 2 aromatic rings. The topological polar surface area (TPSA) is 79.0 Å². The number of carbonyl (C=O) groups is 3. The van der Waals surface area contributed by atoms with Crippen LogP contribution < -0.4 is 10.1 Å². The molecule has 0 bridgehead atoms. The van der Waals surface area contributed by atoms with Crippen LogP contribution in [0, 0.1) is 5.92 Å². The number of carbonyl (C=O) groups excluding carboxylic acids is 3. The lowest BCUT2D eigenvalue weighted by Crippen LogP contribution is -2.48. The number of rotatable bonds is 7. The highest BCUT2D eigenvalue weighted by Crippen LogP contribution is 2.41. The maximum atomic E-state index is 13.7. The first-order valence-electron chi connectivity index (χ1n) is 12.5. The minimum absolute atomic E-state index is 0.0148. The van der Waals surface area contributed by atoms with Crippen LogP contribution in [0.25, 0.3) is 0 Å². The van der Waals surface area contributed by atoms with Crippen LogP contribution in [-0.4, -0.2) is 53.3 Å². The molecule has 1 N–H and O–H groups in total. The van der Waals surface area contributed by atoms with Crippen LogP contribution in [-0.2, 0) is 16.1 Å². The van der Waals surface area contributed by atoms with Crippen molar-refractivity contribution in [2.45, 2.75) is 64.6 Å². The molecule has 3 unspecified atom stereocenters. The summed E-state index contributed by atoms with van der Waals surface area (Å²) in [6.07, 6.45) is 4.83. The van der Waals surface area contributed by atoms with Crippen molar-refractivity contribution >= 4 is 23.4 Å². The molecule has 1 heterocycles. The second-order valence-corrected chi connectivity index (χ2v) is 9.50. The predicted octanol–water partition coefficient (Wildman–Crippen LogP) is 4.48. The number of hydrogen-bond donors (Lipinski definition) is 1. The molecular formula is C28H35N3O4. The largest absolute Gasteiger partial charge is 0.496 e. The Bertz CT molecular complexity index is 1090. The van der Waals surface area contributed by atoms with E-state index in [1.54, 1.807) is 31.1 Å². The number of benzene rings is 2. The number of amides is 3. The summed E-state index contributed by atoms with van der Waals surface area (Å²) < 4.78 is 5.45. The quantitative estimate of drug-likeness (QED) is 0.638. The fourth-order valence-corrected chi connectivity index (χ4v) is 5.59. The van der Waals surface area contributed by atoms with Crippen LogP contribution in [0.2, 0.25) is 0 Å². The molecule has 0 radical (unpaired) electrons. The molecule has 4 rings (SSSR count). The fraction of sp³-hybridized carbons (Fsp3) is 0.464. The number of anilines is 1. The Morgan fingerprint density at radius 2 is 1.86 bits per heavy atom. The molecule has 0 aromatic heterocycles. The number of likely N-dealkylation sites (tertiary alicyclic amines) is 1. The summed E-state index contributed by atoms with van der Waals surface area (Å²) in [5.41, 5.74) is 2.11. The highest BCUT2D eigenvalue weighted by atomic mass is 16.5. The van der Waals surface area contributed by atoms with Gasteiger partial charge in [0.25, 0.3) is 5.91 Å². The fourth-order valence-electron chi connectivity index (χ4n) is 5.59. The van der Waals surface area contributed by atoms with Crippen molar-refractivity contribution in [3.8, 4) is 5.75 Å². The van der Waals surface area contributed by atoms with Crippen molar-refractivity contribution in [3.05, 3.63) is 59.7 Å². The van der Waals surface area contributed by atoms with Gasteiger partial charge in [-0.15, -0.1) is 0 Å². The highest BCUT2D eigenvalue weighted by Gasteiger charge is 2.48. The maximum Gasteiger partial charge on any atom is 0.258 e. The smallest absolute Gasteiger partial charge is 0.258 e. The van der Waals surface area contributed by atoms with Crippen molar-refractivity contribution in [3.63, 3.8) is 0 Å². The Hall–Kier alpha value is -3.35. The zero-order valence-electron chi connectivity index (χ0n) is 20.8. The number of nitrogens with zero attached hydrogens (tertiary/aromatic N) is 2. The summed E-state index contributed by atoms with van der Waals surface area (Å²) in [5, 5.41) is 3.05. The number of fused-ring (bicyclic) bond motifs is 1. The number of hydrogen-bond acceptors (Lipinski definition) is 4. The van der Waals surface area contributed by atoms with Gasteiger partial charge >= 0.3 is 0 Å². The van der Waals surface area contributed by atoms with Crippen molar-refractivity contribution in [1.29, 1.82) is 0 Å². The van der Waals surface area contributed by atoms with E-state index in [-0.39, 0.29) is 23.8 Å². The first-order chi connectivity index (χ1) is 16.9.